The van der Waals surface area contributed by atoms with Crippen LogP contribution in [-0.2, 0) is 28.6 Å². The van der Waals surface area contributed by atoms with Crippen LogP contribution in [0.5, 0.6) is 0 Å². The van der Waals surface area contributed by atoms with E-state index in [1.165, 1.54) is 57.8 Å². The van der Waals surface area contributed by atoms with E-state index >= 15 is 0 Å². The van der Waals surface area contributed by atoms with Gasteiger partial charge in [0.05, 0.1) is 0 Å². The van der Waals surface area contributed by atoms with Crippen LogP contribution in [0.2, 0.25) is 0 Å². The lowest BCUT2D eigenvalue weighted by Gasteiger charge is -2.18. The van der Waals surface area contributed by atoms with Crippen molar-refractivity contribution in [3.05, 3.63) is 85.1 Å². The first-order valence-electron chi connectivity index (χ1n) is 25.1. The second kappa shape index (κ2) is 49.2. The number of hydrogen-bond acceptors (Lipinski definition) is 6. The average molecular weight is 849 g/mol. The molecule has 0 N–H and O–H groups in total. The summed E-state index contributed by atoms with van der Waals surface area (Å²) < 4.78 is 16.7. The lowest BCUT2D eigenvalue weighted by atomic mass is 10.1. The molecule has 0 fully saturated rings. The van der Waals surface area contributed by atoms with Crippen molar-refractivity contribution >= 4 is 17.9 Å². The van der Waals surface area contributed by atoms with E-state index in [-0.39, 0.29) is 31.1 Å². The van der Waals surface area contributed by atoms with Gasteiger partial charge in [-0.05, 0) is 96.3 Å². The summed E-state index contributed by atoms with van der Waals surface area (Å²) in [5, 5.41) is 0. The highest BCUT2D eigenvalue weighted by molar-refractivity contribution is 5.71. The van der Waals surface area contributed by atoms with Crippen molar-refractivity contribution in [1.29, 1.82) is 0 Å². The van der Waals surface area contributed by atoms with Crippen LogP contribution in [0, 0.1) is 0 Å². The van der Waals surface area contributed by atoms with Crippen LogP contribution in [0.1, 0.15) is 226 Å². The van der Waals surface area contributed by atoms with Gasteiger partial charge in [-0.1, -0.05) is 196 Å². The van der Waals surface area contributed by atoms with Crippen LogP contribution >= 0.6 is 0 Å². The number of carbonyl (C=O) groups excluding carboxylic acids is 3. The van der Waals surface area contributed by atoms with E-state index < -0.39 is 6.10 Å². The molecule has 0 aliphatic heterocycles. The summed E-state index contributed by atoms with van der Waals surface area (Å²) in [6.45, 7) is 6.42. The van der Waals surface area contributed by atoms with Gasteiger partial charge in [-0.15, -0.1) is 0 Å². The number of esters is 3. The average Bonchev–Trinajstić information content (AvgIpc) is 3.26. The van der Waals surface area contributed by atoms with E-state index in [9.17, 15) is 14.4 Å². The van der Waals surface area contributed by atoms with Gasteiger partial charge in [-0.2, -0.15) is 0 Å². The minimum absolute atomic E-state index is 0.0987. The lowest BCUT2D eigenvalue weighted by Crippen LogP contribution is -2.30. The van der Waals surface area contributed by atoms with E-state index in [1.807, 2.05) is 0 Å². The third-order valence-corrected chi connectivity index (χ3v) is 10.4. The van der Waals surface area contributed by atoms with Crippen molar-refractivity contribution in [3.8, 4) is 0 Å². The molecule has 1 atom stereocenters. The third kappa shape index (κ3) is 47.5. The minimum atomic E-state index is -0.799. The molecule has 0 radical (unpaired) electrons. The molecule has 0 aromatic rings. The van der Waals surface area contributed by atoms with Gasteiger partial charge in [0, 0.05) is 19.3 Å². The van der Waals surface area contributed by atoms with E-state index in [1.54, 1.807) is 0 Å². The fraction of sp³-hybridized carbons (Fsp3) is 0.691. The first kappa shape index (κ1) is 57.6. The molecular weight excluding hydrogens is 757 g/mol. The van der Waals surface area contributed by atoms with Crippen LogP contribution < -0.4 is 0 Å². The van der Waals surface area contributed by atoms with Crippen molar-refractivity contribution in [1.82, 2.24) is 0 Å². The third-order valence-electron chi connectivity index (χ3n) is 10.4. The SMILES string of the molecule is CC/C=C\C/C=C\CCCCCCCC(=O)OCC(COC(=O)CCCCCCC\C=C/C=C\C=C/C=C\CCCCC)OC(=O)CCCCC/C=C\CCCCCCCC. The molecule has 0 heterocycles. The Morgan fingerprint density at radius 1 is 0.361 bits per heavy atom. The molecule has 0 saturated carbocycles. The molecule has 0 rings (SSSR count). The molecule has 0 saturated heterocycles. The lowest BCUT2D eigenvalue weighted by molar-refractivity contribution is -0.167. The number of unbranched alkanes of at least 4 members (excludes halogenated alkanes) is 22. The van der Waals surface area contributed by atoms with E-state index in [2.05, 4.69) is 106 Å². The Kier molecular flexibility index (Phi) is 46.5. The Bertz CT molecular complexity index is 1200. The Hall–Kier alpha value is -3.41. The van der Waals surface area contributed by atoms with Crippen molar-refractivity contribution in [2.24, 2.45) is 0 Å². The summed E-state index contributed by atoms with van der Waals surface area (Å²) in [5.74, 6) is -0.955. The molecule has 0 aliphatic carbocycles. The van der Waals surface area contributed by atoms with Gasteiger partial charge in [0.25, 0.3) is 0 Å². The Labute approximate surface area is 375 Å². The maximum atomic E-state index is 12.8. The predicted molar refractivity (Wildman–Crippen MR) is 261 cm³/mol. The van der Waals surface area contributed by atoms with Gasteiger partial charge in [0.2, 0.25) is 0 Å². The van der Waals surface area contributed by atoms with Gasteiger partial charge in [0.15, 0.2) is 6.10 Å². The number of rotatable bonds is 44. The molecule has 61 heavy (non-hydrogen) atoms. The highest BCUT2D eigenvalue weighted by atomic mass is 16.6. The summed E-state index contributed by atoms with van der Waals surface area (Å²) in [4.78, 5) is 37.9. The molecule has 6 heteroatoms. The molecule has 0 amide bonds. The van der Waals surface area contributed by atoms with Gasteiger partial charge < -0.3 is 14.2 Å². The normalized spacial score (nSPS) is 12.8. The maximum absolute atomic E-state index is 12.8. The summed E-state index contributed by atoms with van der Waals surface area (Å²) >= 11 is 0. The standard InChI is InChI=1S/C55H92O6/c1-4-7-10-13-16-19-22-25-26-27-28-29-31-33-36-39-42-45-48-54(57)60-51-52(50-59-53(56)47-44-41-38-35-32-24-21-18-15-12-9-6-3)61-55(58)49-46-43-40-37-34-30-23-20-17-14-11-8-5-2/h9,12,16,18-19,21-22,25-30,34,52H,4-8,10-11,13-15,17,20,23-24,31-33,35-51H2,1-3H3/b12-9-,19-16-,21-18-,25-22-,27-26-,29-28-,34-30-. The topological polar surface area (TPSA) is 78.9 Å². The zero-order chi connectivity index (χ0) is 44.4. The molecule has 6 nitrogen and oxygen atoms in total. The summed E-state index contributed by atoms with van der Waals surface area (Å²) in [5.41, 5.74) is 0. The fourth-order valence-electron chi connectivity index (χ4n) is 6.66. The highest BCUT2D eigenvalue weighted by Crippen LogP contribution is 2.13. The second-order valence-corrected chi connectivity index (χ2v) is 16.4. The quantitative estimate of drug-likeness (QED) is 0.0200. The van der Waals surface area contributed by atoms with Gasteiger partial charge >= 0.3 is 17.9 Å². The molecule has 0 aromatic heterocycles. The molecule has 348 valence electrons. The summed E-state index contributed by atoms with van der Waals surface area (Å²) in [6, 6.07) is 0. The van der Waals surface area contributed by atoms with E-state index in [4.69, 9.17) is 14.2 Å². The van der Waals surface area contributed by atoms with Gasteiger partial charge in [0.1, 0.15) is 13.2 Å². The molecule has 0 bridgehead atoms. The zero-order valence-electron chi connectivity index (χ0n) is 39.7. The first-order valence-corrected chi connectivity index (χ1v) is 25.1. The number of allylic oxidation sites excluding steroid dienone is 14. The van der Waals surface area contributed by atoms with Gasteiger partial charge in [-0.25, -0.2) is 0 Å². The molecule has 0 spiro atoms. The van der Waals surface area contributed by atoms with E-state index in [0.717, 1.165) is 128 Å². The zero-order valence-corrected chi connectivity index (χ0v) is 39.7. The molecule has 1 unspecified atom stereocenters. The molecule has 0 aromatic carbocycles. The van der Waals surface area contributed by atoms with Crippen molar-refractivity contribution < 1.29 is 28.6 Å². The monoisotopic (exact) mass is 849 g/mol. The van der Waals surface area contributed by atoms with E-state index in [0.29, 0.717) is 19.3 Å². The number of ether oxygens (including phenoxy) is 3. The Morgan fingerprint density at radius 2 is 0.705 bits per heavy atom. The van der Waals surface area contributed by atoms with Crippen LogP contribution in [-0.4, -0.2) is 37.2 Å². The van der Waals surface area contributed by atoms with Crippen molar-refractivity contribution in [2.75, 3.05) is 13.2 Å². The summed E-state index contributed by atoms with van der Waals surface area (Å²) in [7, 11) is 0. The Balaban J connectivity index is 4.46. The van der Waals surface area contributed by atoms with Gasteiger partial charge in [-0.3, -0.25) is 14.4 Å². The highest BCUT2D eigenvalue weighted by Gasteiger charge is 2.19. The van der Waals surface area contributed by atoms with Crippen LogP contribution in [0.15, 0.2) is 85.1 Å². The maximum Gasteiger partial charge on any atom is 0.306 e. The van der Waals surface area contributed by atoms with Crippen LogP contribution in [0.4, 0.5) is 0 Å². The smallest absolute Gasteiger partial charge is 0.306 e. The summed E-state index contributed by atoms with van der Waals surface area (Å²) in [6.07, 6.45) is 62.7. The first-order chi connectivity index (χ1) is 30.0. The Morgan fingerprint density at radius 3 is 1.20 bits per heavy atom. The van der Waals surface area contributed by atoms with Crippen LogP contribution in [0.25, 0.3) is 0 Å². The number of hydrogen-bond donors (Lipinski definition) is 0. The molecular formula is C55H92O6. The number of carbonyl (C=O) groups is 3. The van der Waals surface area contributed by atoms with Crippen molar-refractivity contribution in [2.45, 2.75) is 232 Å². The largest absolute Gasteiger partial charge is 0.462 e. The second-order valence-electron chi connectivity index (χ2n) is 16.4. The van der Waals surface area contributed by atoms with Crippen LogP contribution in [0.3, 0.4) is 0 Å². The van der Waals surface area contributed by atoms with Crippen molar-refractivity contribution in [3.63, 3.8) is 0 Å². The fourth-order valence-corrected chi connectivity index (χ4v) is 6.66. The minimum Gasteiger partial charge on any atom is -0.462 e. The predicted octanol–water partition coefficient (Wildman–Crippen LogP) is 16.4. The molecule has 0 aliphatic rings.